The van der Waals surface area contributed by atoms with Gasteiger partial charge in [-0.15, -0.1) is 0 Å². The molecule has 0 aromatic heterocycles. The Morgan fingerprint density at radius 2 is 1.80 bits per heavy atom. The average Bonchev–Trinajstić information content (AvgIpc) is 2.75. The van der Waals surface area contributed by atoms with E-state index in [0.717, 1.165) is 5.56 Å². The van der Waals surface area contributed by atoms with Gasteiger partial charge in [0.1, 0.15) is 5.75 Å². The Balaban J connectivity index is 2.11. The van der Waals surface area contributed by atoms with Gasteiger partial charge in [0.05, 0.1) is 17.1 Å². The maximum Gasteiger partial charge on any atom is 0.276 e. The van der Waals surface area contributed by atoms with Crippen LogP contribution in [0.1, 0.15) is 28.4 Å². The van der Waals surface area contributed by atoms with Crippen molar-refractivity contribution in [1.29, 1.82) is 0 Å². The topological polar surface area (TPSA) is 99.2 Å². The Morgan fingerprint density at radius 3 is 2.40 bits per heavy atom. The smallest absolute Gasteiger partial charge is 0.276 e. The van der Waals surface area contributed by atoms with Crippen LogP contribution in [0.25, 0.3) is 0 Å². The summed E-state index contributed by atoms with van der Waals surface area (Å²) >= 11 is 0. The van der Waals surface area contributed by atoms with Gasteiger partial charge in [0.2, 0.25) is 10.0 Å². The van der Waals surface area contributed by atoms with Gasteiger partial charge in [-0.05, 0) is 37.2 Å². The number of sulfonamides is 1. The Labute approximate surface area is 177 Å². The van der Waals surface area contributed by atoms with Crippen LogP contribution in [0.2, 0.25) is 0 Å². The minimum absolute atomic E-state index is 0.131. The molecule has 8 nitrogen and oxygen atoms in total. The van der Waals surface area contributed by atoms with Crippen molar-refractivity contribution >= 4 is 15.9 Å². The highest BCUT2D eigenvalue weighted by Gasteiger charge is 2.32. The lowest BCUT2D eigenvalue weighted by molar-refractivity contribution is 0.0702. The molecule has 1 aliphatic rings. The van der Waals surface area contributed by atoms with Gasteiger partial charge in [0, 0.05) is 32.6 Å². The minimum Gasteiger partial charge on any atom is -0.494 e. The molecule has 0 atom stereocenters. The molecular weight excluding hydrogens is 406 g/mol. The van der Waals surface area contributed by atoms with Crippen LogP contribution in [-0.4, -0.2) is 68.6 Å². The maximum absolute atomic E-state index is 13.4. The fourth-order valence-corrected chi connectivity index (χ4v) is 5.11. The second-order valence-electron chi connectivity index (χ2n) is 7.20. The zero-order chi connectivity index (χ0) is 21.7. The lowest BCUT2D eigenvalue weighted by Crippen LogP contribution is -2.47. The van der Waals surface area contributed by atoms with Gasteiger partial charge in [-0.1, -0.05) is 30.3 Å². The number of nitrogens with one attached hydrogen (secondary N) is 1. The molecular formula is C21H27N3O5S. The fraction of sp³-hybridized carbons (Fsp3) is 0.381. The van der Waals surface area contributed by atoms with Gasteiger partial charge in [-0.3, -0.25) is 10.0 Å². The normalized spacial score (nSPS) is 15.7. The predicted octanol–water partition coefficient (Wildman–Crippen LogP) is 1.73. The molecule has 2 aromatic rings. The van der Waals surface area contributed by atoms with Crippen LogP contribution in [-0.2, 0) is 16.4 Å². The van der Waals surface area contributed by atoms with E-state index in [0.29, 0.717) is 50.5 Å². The standard InChI is InChI=1S/C21H27N3O5S/c1-3-29-19-15-18(21(25)22-26)20(14-17(19)13-16-7-5-4-6-8-16)30(27,28)24-11-9-23(2)10-12-24/h4-8,14-15,26H,3,9-13H2,1-2H3,(H,22,25). The SMILES string of the molecule is CCOc1cc(C(=O)NO)c(S(=O)(=O)N2CCN(C)CC2)cc1Cc1ccccc1. The van der Waals surface area contributed by atoms with Crippen molar-refractivity contribution in [2.24, 2.45) is 0 Å². The molecule has 9 heteroatoms. The van der Waals surface area contributed by atoms with Crippen LogP contribution in [0, 0.1) is 0 Å². The molecule has 30 heavy (non-hydrogen) atoms. The molecule has 0 radical (unpaired) electrons. The number of carbonyl (C=O) groups excluding carboxylic acids is 1. The van der Waals surface area contributed by atoms with E-state index in [1.165, 1.54) is 16.4 Å². The van der Waals surface area contributed by atoms with Crippen molar-refractivity contribution in [3.63, 3.8) is 0 Å². The summed E-state index contributed by atoms with van der Waals surface area (Å²) in [6.45, 7) is 4.04. The number of rotatable bonds is 7. The third kappa shape index (κ3) is 4.81. The van der Waals surface area contributed by atoms with Crippen molar-refractivity contribution < 1.29 is 23.2 Å². The molecule has 0 aliphatic carbocycles. The van der Waals surface area contributed by atoms with Gasteiger partial charge in [0.25, 0.3) is 5.91 Å². The van der Waals surface area contributed by atoms with E-state index >= 15 is 0 Å². The third-order valence-corrected chi connectivity index (χ3v) is 7.06. The van der Waals surface area contributed by atoms with Crippen LogP contribution >= 0.6 is 0 Å². The number of piperazine rings is 1. The summed E-state index contributed by atoms with van der Waals surface area (Å²) in [6, 6.07) is 12.5. The first-order valence-electron chi connectivity index (χ1n) is 9.83. The molecule has 1 aliphatic heterocycles. The zero-order valence-corrected chi connectivity index (χ0v) is 18.0. The van der Waals surface area contributed by atoms with E-state index in [2.05, 4.69) is 0 Å². The maximum atomic E-state index is 13.4. The number of nitrogens with zero attached hydrogens (tertiary/aromatic N) is 2. The van der Waals surface area contributed by atoms with Crippen molar-refractivity contribution in [2.45, 2.75) is 18.2 Å². The van der Waals surface area contributed by atoms with E-state index in [1.807, 2.05) is 49.2 Å². The second-order valence-corrected chi connectivity index (χ2v) is 9.11. The molecule has 2 aromatic carbocycles. The summed E-state index contributed by atoms with van der Waals surface area (Å²) in [4.78, 5) is 14.3. The molecule has 1 heterocycles. The lowest BCUT2D eigenvalue weighted by Gasteiger charge is -2.32. The number of hydroxylamine groups is 1. The van der Waals surface area contributed by atoms with E-state index < -0.39 is 15.9 Å². The summed E-state index contributed by atoms with van der Waals surface area (Å²) in [6.07, 6.45) is 0.447. The van der Waals surface area contributed by atoms with Gasteiger partial charge >= 0.3 is 0 Å². The van der Waals surface area contributed by atoms with Gasteiger partial charge in [0.15, 0.2) is 0 Å². The Bertz CT molecular complexity index is 987. The van der Waals surface area contributed by atoms with E-state index in [4.69, 9.17) is 4.74 Å². The second kappa shape index (κ2) is 9.57. The quantitative estimate of drug-likeness (QED) is 0.510. The minimum atomic E-state index is -3.94. The number of carbonyl (C=O) groups is 1. The molecule has 0 spiro atoms. The first-order valence-corrected chi connectivity index (χ1v) is 11.3. The number of hydrogen-bond donors (Lipinski definition) is 2. The monoisotopic (exact) mass is 433 g/mol. The number of amides is 1. The Hall–Kier alpha value is -2.46. The molecule has 0 unspecified atom stereocenters. The molecule has 1 fully saturated rings. The van der Waals surface area contributed by atoms with Crippen molar-refractivity contribution in [1.82, 2.24) is 14.7 Å². The zero-order valence-electron chi connectivity index (χ0n) is 17.2. The van der Waals surface area contributed by atoms with Crippen LogP contribution in [0.4, 0.5) is 0 Å². The molecule has 162 valence electrons. The van der Waals surface area contributed by atoms with Crippen molar-refractivity contribution in [2.75, 3.05) is 39.8 Å². The molecule has 1 amide bonds. The first kappa shape index (κ1) is 22.2. The Morgan fingerprint density at radius 1 is 1.13 bits per heavy atom. The van der Waals surface area contributed by atoms with Crippen molar-refractivity contribution in [3.8, 4) is 5.75 Å². The van der Waals surface area contributed by atoms with Crippen LogP contribution in [0.5, 0.6) is 5.75 Å². The fourth-order valence-electron chi connectivity index (χ4n) is 3.46. The Kier molecular flexibility index (Phi) is 7.09. The number of hydrogen-bond acceptors (Lipinski definition) is 6. The molecule has 1 saturated heterocycles. The van der Waals surface area contributed by atoms with E-state index in [-0.39, 0.29) is 10.5 Å². The summed E-state index contributed by atoms with van der Waals surface area (Å²) in [5, 5.41) is 9.19. The average molecular weight is 434 g/mol. The van der Waals surface area contributed by atoms with Crippen molar-refractivity contribution in [3.05, 3.63) is 59.2 Å². The van der Waals surface area contributed by atoms with Gasteiger partial charge < -0.3 is 9.64 Å². The van der Waals surface area contributed by atoms with E-state index in [1.54, 1.807) is 5.48 Å². The number of ether oxygens (including phenoxy) is 1. The van der Waals surface area contributed by atoms with Crippen LogP contribution in [0.15, 0.2) is 47.4 Å². The highest BCUT2D eigenvalue weighted by molar-refractivity contribution is 7.89. The molecule has 0 bridgehead atoms. The first-order chi connectivity index (χ1) is 14.4. The van der Waals surface area contributed by atoms with Crippen LogP contribution in [0.3, 0.4) is 0 Å². The molecule has 3 rings (SSSR count). The lowest BCUT2D eigenvalue weighted by atomic mass is 10.0. The summed E-state index contributed by atoms with van der Waals surface area (Å²) < 4.78 is 33.9. The van der Waals surface area contributed by atoms with Gasteiger partial charge in [-0.25, -0.2) is 13.9 Å². The summed E-state index contributed by atoms with van der Waals surface area (Å²) in [5.41, 5.74) is 3.06. The number of likely N-dealkylation sites (N-methyl/N-ethyl adjacent to an activating group) is 1. The molecule has 2 N–H and O–H groups in total. The largest absolute Gasteiger partial charge is 0.494 e. The summed E-state index contributed by atoms with van der Waals surface area (Å²) in [5.74, 6) is -0.479. The van der Waals surface area contributed by atoms with Gasteiger partial charge in [-0.2, -0.15) is 4.31 Å². The predicted molar refractivity (Wildman–Crippen MR) is 112 cm³/mol. The highest BCUT2D eigenvalue weighted by atomic mass is 32.2. The third-order valence-electron chi connectivity index (χ3n) is 5.13. The molecule has 0 saturated carbocycles. The summed E-state index contributed by atoms with van der Waals surface area (Å²) in [7, 11) is -2.00. The highest BCUT2D eigenvalue weighted by Crippen LogP contribution is 2.31. The van der Waals surface area contributed by atoms with Crippen LogP contribution < -0.4 is 10.2 Å². The van der Waals surface area contributed by atoms with E-state index in [9.17, 15) is 18.4 Å². The number of benzene rings is 2.